The van der Waals surface area contributed by atoms with E-state index >= 15 is 0 Å². The highest BCUT2D eigenvalue weighted by atomic mass is 16.5. The molecule has 1 amide bonds. The van der Waals surface area contributed by atoms with Gasteiger partial charge in [-0.05, 0) is 30.2 Å². The Morgan fingerprint density at radius 1 is 1.32 bits per heavy atom. The highest BCUT2D eigenvalue weighted by molar-refractivity contribution is 5.77. The largest absolute Gasteiger partial charge is 0.493 e. The minimum atomic E-state index is -0.497. The monoisotopic (exact) mass is 389 g/mol. The van der Waals surface area contributed by atoms with Crippen molar-refractivity contribution in [3.05, 3.63) is 41.7 Å². The molecule has 2 aromatic rings. The number of methoxy groups -OCH3 is 2. The summed E-state index contributed by atoms with van der Waals surface area (Å²) >= 11 is 0. The molecule has 0 unspecified atom stereocenters. The number of rotatable bonds is 7. The quantitative estimate of drug-likeness (QED) is 0.774. The van der Waals surface area contributed by atoms with Gasteiger partial charge >= 0.3 is 0 Å². The topological polar surface area (TPSA) is 86.0 Å². The van der Waals surface area contributed by atoms with Crippen molar-refractivity contribution in [2.75, 3.05) is 34.0 Å². The third-order valence-corrected chi connectivity index (χ3v) is 4.92. The van der Waals surface area contributed by atoms with Gasteiger partial charge in [0.25, 0.3) is 0 Å². The number of carbonyl (C=O) groups excluding carboxylic acids is 1. The molecule has 1 aromatic carbocycles. The lowest BCUT2D eigenvalue weighted by atomic mass is 9.97. The van der Waals surface area contributed by atoms with Crippen LogP contribution in [0.15, 0.2) is 30.6 Å². The number of nitrogens with zero attached hydrogens (tertiary/aromatic N) is 3. The number of aliphatic hydroxyl groups excluding tert-OH is 1. The Morgan fingerprint density at radius 2 is 2.11 bits per heavy atom. The van der Waals surface area contributed by atoms with Crippen LogP contribution in [0.4, 0.5) is 0 Å². The van der Waals surface area contributed by atoms with E-state index < -0.39 is 12.1 Å². The van der Waals surface area contributed by atoms with Gasteiger partial charge in [0, 0.05) is 25.7 Å². The molecule has 1 saturated heterocycles. The van der Waals surface area contributed by atoms with E-state index in [-0.39, 0.29) is 12.5 Å². The lowest BCUT2D eigenvalue weighted by Gasteiger charge is -2.41. The van der Waals surface area contributed by atoms with E-state index in [0.29, 0.717) is 37.6 Å². The van der Waals surface area contributed by atoms with Gasteiger partial charge in [-0.1, -0.05) is 6.07 Å². The Morgan fingerprint density at radius 3 is 2.75 bits per heavy atom. The maximum absolute atomic E-state index is 13.0. The normalized spacial score (nSPS) is 19.5. The maximum Gasteiger partial charge on any atom is 0.225 e. The first kappa shape index (κ1) is 20.2. The standard InChI is InChI=1S/C20H27N3O5/c1-14-11-21-22(12-14)7-6-19(25)23-8-9-28-18(13-24)20(23)15-4-5-16(26-2)17(10-15)27-3/h4-5,10-12,18,20,24H,6-9,13H2,1-3H3/t18-,20-/m1/s1. The highest BCUT2D eigenvalue weighted by Crippen LogP contribution is 2.35. The van der Waals surface area contributed by atoms with E-state index in [1.165, 1.54) is 0 Å². The molecular formula is C20H27N3O5. The number of ether oxygens (including phenoxy) is 3. The summed E-state index contributed by atoms with van der Waals surface area (Å²) in [6, 6.07) is 5.11. The third-order valence-electron chi connectivity index (χ3n) is 4.92. The summed E-state index contributed by atoms with van der Waals surface area (Å²) in [5.41, 5.74) is 1.89. The molecule has 152 valence electrons. The average molecular weight is 389 g/mol. The second-order valence-electron chi connectivity index (χ2n) is 6.77. The van der Waals surface area contributed by atoms with E-state index in [2.05, 4.69) is 5.10 Å². The Hall–Kier alpha value is -2.58. The molecule has 0 aliphatic carbocycles. The van der Waals surface area contributed by atoms with Crippen molar-refractivity contribution in [2.45, 2.75) is 32.0 Å². The molecule has 0 spiro atoms. The molecule has 1 fully saturated rings. The molecule has 2 heterocycles. The second-order valence-corrected chi connectivity index (χ2v) is 6.77. The van der Waals surface area contributed by atoms with Crippen LogP contribution in [0.25, 0.3) is 0 Å². The van der Waals surface area contributed by atoms with Crippen LogP contribution in [-0.4, -0.2) is 65.8 Å². The van der Waals surface area contributed by atoms with Crippen molar-refractivity contribution in [1.29, 1.82) is 0 Å². The van der Waals surface area contributed by atoms with Gasteiger partial charge < -0.3 is 24.2 Å². The molecule has 0 saturated carbocycles. The summed E-state index contributed by atoms with van der Waals surface area (Å²) in [6.45, 7) is 3.15. The van der Waals surface area contributed by atoms with Gasteiger partial charge in [0.15, 0.2) is 11.5 Å². The Labute approximate surface area is 164 Å². The SMILES string of the molecule is COc1ccc([C@@H]2[C@@H](CO)OCCN2C(=O)CCn2cc(C)cn2)cc1OC. The van der Waals surface area contributed by atoms with E-state index in [9.17, 15) is 9.90 Å². The van der Waals surface area contributed by atoms with Crippen LogP contribution in [0.2, 0.25) is 0 Å². The summed E-state index contributed by atoms with van der Waals surface area (Å²) in [7, 11) is 3.14. The zero-order chi connectivity index (χ0) is 20.1. The molecule has 1 aromatic heterocycles. The highest BCUT2D eigenvalue weighted by Gasteiger charge is 2.36. The average Bonchev–Trinajstić information content (AvgIpc) is 3.15. The smallest absolute Gasteiger partial charge is 0.225 e. The van der Waals surface area contributed by atoms with Crippen molar-refractivity contribution in [2.24, 2.45) is 0 Å². The van der Waals surface area contributed by atoms with E-state index in [0.717, 1.165) is 11.1 Å². The molecule has 0 bridgehead atoms. The van der Waals surface area contributed by atoms with Crippen LogP contribution in [0, 0.1) is 6.92 Å². The van der Waals surface area contributed by atoms with Crippen LogP contribution in [-0.2, 0) is 16.1 Å². The Bertz CT molecular complexity index is 807. The molecule has 0 radical (unpaired) electrons. The van der Waals surface area contributed by atoms with Crippen LogP contribution in [0.3, 0.4) is 0 Å². The Balaban J connectivity index is 1.82. The van der Waals surface area contributed by atoms with Crippen LogP contribution < -0.4 is 9.47 Å². The molecule has 8 nitrogen and oxygen atoms in total. The number of benzene rings is 1. The van der Waals surface area contributed by atoms with Gasteiger partial charge in [-0.25, -0.2) is 0 Å². The van der Waals surface area contributed by atoms with Crippen molar-refractivity contribution in [3.63, 3.8) is 0 Å². The number of aromatic nitrogens is 2. The number of hydrogen-bond acceptors (Lipinski definition) is 6. The van der Waals surface area contributed by atoms with Gasteiger partial charge in [0.05, 0.1) is 39.7 Å². The van der Waals surface area contributed by atoms with Gasteiger partial charge in [-0.15, -0.1) is 0 Å². The molecular weight excluding hydrogens is 362 g/mol. The molecule has 28 heavy (non-hydrogen) atoms. The molecule has 8 heteroatoms. The summed E-state index contributed by atoms with van der Waals surface area (Å²) < 4.78 is 18.2. The molecule has 1 N–H and O–H groups in total. The number of amides is 1. The van der Waals surface area contributed by atoms with Crippen molar-refractivity contribution in [1.82, 2.24) is 14.7 Å². The number of morpholine rings is 1. The Kier molecular flexibility index (Phi) is 6.53. The fourth-order valence-electron chi connectivity index (χ4n) is 3.54. The van der Waals surface area contributed by atoms with Crippen LogP contribution >= 0.6 is 0 Å². The summed E-state index contributed by atoms with van der Waals surface area (Å²) in [5.74, 6) is 1.17. The fourth-order valence-corrected chi connectivity index (χ4v) is 3.54. The zero-order valence-corrected chi connectivity index (χ0v) is 16.5. The molecule has 2 atom stereocenters. The summed E-state index contributed by atoms with van der Waals surface area (Å²) in [4.78, 5) is 14.8. The predicted molar refractivity (Wildman–Crippen MR) is 102 cm³/mol. The van der Waals surface area contributed by atoms with Gasteiger partial charge in [0.1, 0.15) is 6.10 Å². The predicted octanol–water partition coefficient (Wildman–Crippen LogP) is 1.56. The summed E-state index contributed by atoms with van der Waals surface area (Å²) in [6.07, 6.45) is 3.51. The number of aryl methyl sites for hydroxylation is 2. The molecule has 1 aliphatic heterocycles. The first-order valence-electron chi connectivity index (χ1n) is 9.30. The lowest BCUT2D eigenvalue weighted by Crippen LogP contribution is -2.49. The fraction of sp³-hybridized carbons (Fsp3) is 0.500. The van der Waals surface area contributed by atoms with Crippen LogP contribution in [0.5, 0.6) is 11.5 Å². The van der Waals surface area contributed by atoms with E-state index in [4.69, 9.17) is 14.2 Å². The van der Waals surface area contributed by atoms with E-state index in [1.54, 1.807) is 36.1 Å². The molecule has 3 rings (SSSR count). The third kappa shape index (κ3) is 4.28. The van der Waals surface area contributed by atoms with Crippen molar-refractivity contribution in [3.8, 4) is 11.5 Å². The van der Waals surface area contributed by atoms with Gasteiger partial charge in [-0.2, -0.15) is 5.10 Å². The second kappa shape index (κ2) is 9.07. The summed E-state index contributed by atoms with van der Waals surface area (Å²) in [5, 5.41) is 14.1. The maximum atomic E-state index is 13.0. The van der Waals surface area contributed by atoms with Crippen molar-refractivity contribution >= 4 is 5.91 Å². The van der Waals surface area contributed by atoms with Crippen molar-refractivity contribution < 1.29 is 24.1 Å². The minimum absolute atomic E-state index is 0.00492. The molecule has 1 aliphatic rings. The first-order chi connectivity index (χ1) is 13.6. The van der Waals surface area contributed by atoms with Gasteiger partial charge in [0.2, 0.25) is 5.91 Å². The van der Waals surface area contributed by atoms with Gasteiger partial charge in [-0.3, -0.25) is 9.48 Å². The number of hydrogen-bond donors (Lipinski definition) is 1. The number of aliphatic hydroxyl groups is 1. The zero-order valence-electron chi connectivity index (χ0n) is 16.5. The lowest BCUT2D eigenvalue weighted by molar-refractivity contribution is -0.150. The number of carbonyl (C=O) groups is 1. The van der Waals surface area contributed by atoms with E-state index in [1.807, 2.05) is 25.3 Å². The van der Waals surface area contributed by atoms with Crippen LogP contribution in [0.1, 0.15) is 23.6 Å². The first-order valence-corrected chi connectivity index (χ1v) is 9.30. The minimum Gasteiger partial charge on any atom is -0.493 e.